The lowest BCUT2D eigenvalue weighted by molar-refractivity contribution is -0.149. The lowest BCUT2D eigenvalue weighted by Crippen LogP contribution is -2.54. The van der Waals surface area contributed by atoms with Crippen molar-refractivity contribution in [3.05, 3.63) is 35.9 Å². The molecule has 1 unspecified atom stereocenters. The summed E-state index contributed by atoms with van der Waals surface area (Å²) < 4.78 is 0. The molecule has 1 aliphatic rings. The Hall–Kier alpha value is -1.84. The molecule has 1 atom stereocenters. The zero-order chi connectivity index (χ0) is 16.3. The van der Waals surface area contributed by atoms with Gasteiger partial charge < -0.3 is 9.80 Å². The first-order valence-corrected chi connectivity index (χ1v) is 7.98. The van der Waals surface area contributed by atoms with Gasteiger partial charge in [-0.15, -0.1) is 0 Å². The maximum absolute atomic E-state index is 12.9. The minimum atomic E-state index is -0.370. The number of amides is 2. The molecular formula is C18H26N2O2. The third-order valence-corrected chi connectivity index (χ3v) is 4.73. The predicted molar refractivity (Wildman–Crippen MR) is 87.2 cm³/mol. The van der Waals surface area contributed by atoms with Crippen LogP contribution in [-0.4, -0.2) is 41.2 Å². The van der Waals surface area contributed by atoms with Gasteiger partial charge in [-0.05, 0) is 12.0 Å². The molecule has 0 aromatic heterocycles. The molecule has 1 aromatic rings. The van der Waals surface area contributed by atoms with Crippen molar-refractivity contribution < 1.29 is 9.59 Å². The van der Waals surface area contributed by atoms with Crippen molar-refractivity contribution in [1.29, 1.82) is 0 Å². The highest BCUT2D eigenvalue weighted by molar-refractivity contribution is 5.83. The fourth-order valence-corrected chi connectivity index (χ4v) is 2.81. The number of nitrogens with zero attached hydrogens (tertiary/aromatic N) is 2. The van der Waals surface area contributed by atoms with Crippen molar-refractivity contribution >= 4 is 11.8 Å². The van der Waals surface area contributed by atoms with Crippen LogP contribution in [0.4, 0.5) is 0 Å². The average molecular weight is 302 g/mol. The zero-order valence-electron chi connectivity index (χ0n) is 14.0. The summed E-state index contributed by atoms with van der Waals surface area (Å²) in [6.45, 7) is 9.41. The van der Waals surface area contributed by atoms with Crippen LogP contribution in [-0.2, 0) is 9.59 Å². The van der Waals surface area contributed by atoms with Gasteiger partial charge in [0, 0.05) is 32.0 Å². The van der Waals surface area contributed by atoms with Crippen molar-refractivity contribution in [2.75, 3.05) is 19.6 Å². The van der Waals surface area contributed by atoms with Gasteiger partial charge in [0.25, 0.3) is 0 Å². The SMILES string of the molecule is CCC(C)(C)C(=O)N1CCN(C(C)=O)CC1c1ccccc1. The molecule has 0 spiro atoms. The van der Waals surface area contributed by atoms with E-state index in [9.17, 15) is 9.59 Å². The standard InChI is InChI=1S/C18H26N2O2/c1-5-18(3,4)17(22)20-12-11-19(14(2)21)13-16(20)15-9-7-6-8-10-15/h6-10,16H,5,11-13H2,1-4H3. The molecule has 4 nitrogen and oxygen atoms in total. The summed E-state index contributed by atoms with van der Waals surface area (Å²) in [5.41, 5.74) is 0.722. The van der Waals surface area contributed by atoms with Crippen LogP contribution in [0.15, 0.2) is 30.3 Å². The lowest BCUT2D eigenvalue weighted by Gasteiger charge is -2.44. The first kappa shape index (κ1) is 16.5. The van der Waals surface area contributed by atoms with Gasteiger partial charge in [-0.3, -0.25) is 9.59 Å². The molecule has 1 fully saturated rings. The van der Waals surface area contributed by atoms with Crippen molar-refractivity contribution in [2.45, 2.75) is 40.2 Å². The van der Waals surface area contributed by atoms with E-state index >= 15 is 0 Å². The number of hydrogen-bond acceptors (Lipinski definition) is 2. The van der Waals surface area contributed by atoms with Gasteiger partial charge in [0.1, 0.15) is 0 Å². The number of benzene rings is 1. The van der Waals surface area contributed by atoms with Crippen LogP contribution >= 0.6 is 0 Å². The van der Waals surface area contributed by atoms with Gasteiger partial charge in [0.05, 0.1) is 6.04 Å². The Balaban J connectivity index is 2.31. The minimum Gasteiger partial charge on any atom is -0.339 e. The average Bonchev–Trinajstić information content (AvgIpc) is 2.54. The largest absolute Gasteiger partial charge is 0.339 e. The molecule has 1 aliphatic heterocycles. The van der Waals surface area contributed by atoms with Gasteiger partial charge in [-0.25, -0.2) is 0 Å². The van der Waals surface area contributed by atoms with E-state index in [1.807, 2.05) is 60.9 Å². The maximum Gasteiger partial charge on any atom is 0.228 e. The Bertz CT molecular complexity index is 539. The summed E-state index contributed by atoms with van der Waals surface area (Å²) in [4.78, 5) is 28.5. The zero-order valence-corrected chi connectivity index (χ0v) is 14.0. The molecule has 0 N–H and O–H groups in total. The summed E-state index contributed by atoms with van der Waals surface area (Å²) >= 11 is 0. The quantitative estimate of drug-likeness (QED) is 0.861. The number of hydrogen-bond donors (Lipinski definition) is 0. The van der Waals surface area contributed by atoms with Gasteiger partial charge in [0.15, 0.2) is 0 Å². The summed E-state index contributed by atoms with van der Waals surface area (Å²) in [7, 11) is 0. The normalized spacial score (nSPS) is 19.2. The van der Waals surface area contributed by atoms with Crippen LogP contribution in [0.3, 0.4) is 0 Å². The van der Waals surface area contributed by atoms with E-state index in [4.69, 9.17) is 0 Å². The summed E-state index contributed by atoms with van der Waals surface area (Å²) in [5.74, 6) is 0.245. The number of carbonyl (C=O) groups is 2. The van der Waals surface area contributed by atoms with Crippen LogP contribution in [0.25, 0.3) is 0 Å². The lowest BCUT2D eigenvalue weighted by atomic mass is 9.87. The van der Waals surface area contributed by atoms with Crippen LogP contribution in [0.1, 0.15) is 45.7 Å². The van der Waals surface area contributed by atoms with E-state index in [0.29, 0.717) is 19.6 Å². The first-order valence-electron chi connectivity index (χ1n) is 7.98. The van der Waals surface area contributed by atoms with Gasteiger partial charge in [-0.1, -0.05) is 51.1 Å². The molecule has 4 heteroatoms. The molecule has 1 saturated heterocycles. The molecule has 22 heavy (non-hydrogen) atoms. The fourth-order valence-electron chi connectivity index (χ4n) is 2.81. The summed E-state index contributed by atoms with van der Waals surface area (Å²) in [6, 6.07) is 9.95. The monoisotopic (exact) mass is 302 g/mol. The number of carbonyl (C=O) groups excluding carboxylic acids is 2. The fraction of sp³-hybridized carbons (Fsp3) is 0.556. The Kier molecular flexibility index (Phi) is 4.89. The van der Waals surface area contributed by atoms with Crippen molar-refractivity contribution in [1.82, 2.24) is 9.80 Å². The van der Waals surface area contributed by atoms with Crippen molar-refractivity contribution in [2.24, 2.45) is 5.41 Å². The Morgan fingerprint density at radius 1 is 1.18 bits per heavy atom. The second-order valence-corrected chi connectivity index (χ2v) is 6.63. The van der Waals surface area contributed by atoms with E-state index in [1.165, 1.54) is 0 Å². The van der Waals surface area contributed by atoms with E-state index in [1.54, 1.807) is 6.92 Å². The molecule has 0 bridgehead atoms. The molecule has 2 rings (SSSR count). The van der Waals surface area contributed by atoms with Crippen LogP contribution < -0.4 is 0 Å². The van der Waals surface area contributed by atoms with Crippen molar-refractivity contribution in [3.63, 3.8) is 0 Å². The topological polar surface area (TPSA) is 40.6 Å². The third kappa shape index (κ3) is 3.32. The van der Waals surface area contributed by atoms with Crippen LogP contribution in [0.2, 0.25) is 0 Å². The highest BCUT2D eigenvalue weighted by atomic mass is 16.2. The molecule has 0 radical (unpaired) electrons. The molecule has 120 valence electrons. The van der Waals surface area contributed by atoms with Gasteiger partial charge in [-0.2, -0.15) is 0 Å². The molecule has 0 saturated carbocycles. The highest BCUT2D eigenvalue weighted by Gasteiger charge is 2.38. The molecule has 2 amide bonds. The van der Waals surface area contributed by atoms with Crippen LogP contribution in [0.5, 0.6) is 0 Å². The second kappa shape index (κ2) is 6.51. The van der Waals surface area contributed by atoms with Crippen molar-refractivity contribution in [3.8, 4) is 0 Å². The third-order valence-electron chi connectivity index (χ3n) is 4.73. The first-order chi connectivity index (χ1) is 10.4. The van der Waals surface area contributed by atoms with Crippen LogP contribution in [0, 0.1) is 5.41 Å². The summed E-state index contributed by atoms with van der Waals surface area (Å²) in [6.07, 6.45) is 0.806. The Morgan fingerprint density at radius 2 is 1.82 bits per heavy atom. The van der Waals surface area contributed by atoms with Gasteiger partial charge >= 0.3 is 0 Å². The molecular weight excluding hydrogens is 276 g/mol. The molecule has 1 aromatic carbocycles. The van der Waals surface area contributed by atoms with E-state index in [0.717, 1.165) is 12.0 Å². The minimum absolute atomic E-state index is 0.0582. The summed E-state index contributed by atoms with van der Waals surface area (Å²) in [5, 5.41) is 0. The van der Waals surface area contributed by atoms with E-state index in [-0.39, 0.29) is 23.3 Å². The molecule has 0 aliphatic carbocycles. The Labute approximate surface area is 133 Å². The molecule has 1 heterocycles. The smallest absolute Gasteiger partial charge is 0.228 e. The predicted octanol–water partition coefficient (Wildman–Crippen LogP) is 2.85. The highest BCUT2D eigenvalue weighted by Crippen LogP contribution is 2.31. The van der Waals surface area contributed by atoms with E-state index < -0.39 is 0 Å². The second-order valence-electron chi connectivity index (χ2n) is 6.63. The Morgan fingerprint density at radius 3 is 2.36 bits per heavy atom. The number of piperazine rings is 1. The maximum atomic E-state index is 12.9. The van der Waals surface area contributed by atoms with Gasteiger partial charge in [0.2, 0.25) is 11.8 Å². The number of rotatable bonds is 3. The van der Waals surface area contributed by atoms with E-state index in [2.05, 4.69) is 0 Å².